The summed E-state index contributed by atoms with van der Waals surface area (Å²) in [6.07, 6.45) is 9.45. The molecule has 0 aromatic carbocycles. The van der Waals surface area contributed by atoms with E-state index in [2.05, 4.69) is 19.2 Å². The van der Waals surface area contributed by atoms with Gasteiger partial charge in [0.2, 0.25) is 0 Å². The molecule has 0 aromatic rings. The van der Waals surface area contributed by atoms with Crippen molar-refractivity contribution >= 4 is 0 Å². The highest BCUT2D eigenvalue weighted by Crippen LogP contribution is 2.30. The van der Waals surface area contributed by atoms with Crippen molar-refractivity contribution in [2.24, 2.45) is 5.92 Å². The van der Waals surface area contributed by atoms with Crippen molar-refractivity contribution < 1.29 is 4.74 Å². The highest BCUT2D eigenvalue weighted by Gasteiger charge is 2.30. The molecule has 0 bridgehead atoms. The summed E-state index contributed by atoms with van der Waals surface area (Å²) in [4.78, 5) is 0. The number of ether oxygens (including phenoxy) is 1. The van der Waals surface area contributed by atoms with E-state index in [1.807, 2.05) is 0 Å². The predicted molar refractivity (Wildman–Crippen MR) is 67.6 cm³/mol. The summed E-state index contributed by atoms with van der Waals surface area (Å²) in [6, 6.07) is 0.659. The van der Waals surface area contributed by atoms with E-state index in [0.29, 0.717) is 11.6 Å². The van der Waals surface area contributed by atoms with Crippen molar-refractivity contribution in [2.45, 2.75) is 70.4 Å². The Morgan fingerprint density at radius 3 is 2.38 bits per heavy atom. The van der Waals surface area contributed by atoms with Crippen molar-refractivity contribution in [3.63, 3.8) is 0 Å². The van der Waals surface area contributed by atoms with Gasteiger partial charge >= 0.3 is 0 Å². The van der Waals surface area contributed by atoms with Crippen LogP contribution < -0.4 is 5.32 Å². The van der Waals surface area contributed by atoms with E-state index in [9.17, 15) is 0 Å². The zero-order valence-electron chi connectivity index (χ0n) is 10.9. The van der Waals surface area contributed by atoms with E-state index in [1.54, 1.807) is 0 Å². The van der Waals surface area contributed by atoms with Crippen LogP contribution in [0, 0.1) is 5.92 Å². The van der Waals surface area contributed by atoms with Gasteiger partial charge in [-0.25, -0.2) is 0 Å². The SMILES string of the molecule is CC(NC1(C)CCCCC1)C1CCOCC1. The fraction of sp³-hybridized carbons (Fsp3) is 1.00. The molecule has 1 N–H and O–H groups in total. The first kappa shape index (κ1) is 12.4. The summed E-state index contributed by atoms with van der Waals surface area (Å²) in [5, 5.41) is 3.91. The standard InChI is InChI=1S/C14H27NO/c1-12(13-6-10-16-11-7-13)15-14(2)8-4-3-5-9-14/h12-13,15H,3-11H2,1-2H3. The molecule has 2 nitrogen and oxygen atoms in total. The molecule has 1 aliphatic carbocycles. The molecule has 1 heterocycles. The van der Waals surface area contributed by atoms with Crippen molar-refractivity contribution in [2.75, 3.05) is 13.2 Å². The van der Waals surface area contributed by atoms with Crippen LogP contribution in [0.1, 0.15) is 58.8 Å². The lowest BCUT2D eigenvalue weighted by Crippen LogP contribution is -2.51. The largest absolute Gasteiger partial charge is 0.381 e. The molecule has 0 amide bonds. The first-order valence-electron chi connectivity index (χ1n) is 7.05. The highest BCUT2D eigenvalue weighted by atomic mass is 16.5. The van der Waals surface area contributed by atoms with Crippen LogP contribution in [-0.2, 0) is 4.74 Å². The molecule has 1 unspecified atom stereocenters. The molecule has 94 valence electrons. The third-order valence-corrected chi connectivity index (χ3v) is 4.51. The van der Waals surface area contributed by atoms with E-state index in [4.69, 9.17) is 4.74 Å². The Hall–Kier alpha value is -0.0800. The van der Waals surface area contributed by atoms with E-state index < -0.39 is 0 Å². The Morgan fingerprint density at radius 2 is 1.75 bits per heavy atom. The molecule has 0 aromatic heterocycles. The third-order valence-electron chi connectivity index (χ3n) is 4.51. The lowest BCUT2D eigenvalue weighted by Gasteiger charge is -2.40. The first-order valence-corrected chi connectivity index (χ1v) is 7.05. The molecule has 1 atom stereocenters. The lowest BCUT2D eigenvalue weighted by atomic mass is 9.81. The third kappa shape index (κ3) is 3.21. The van der Waals surface area contributed by atoms with E-state index in [1.165, 1.54) is 44.9 Å². The van der Waals surface area contributed by atoms with E-state index >= 15 is 0 Å². The molecule has 2 aliphatic rings. The van der Waals surface area contributed by atoms with Crippen molar-refractivity contribution in [1.29, 1.82) is 0 Å². The van der Waals surface area contributed by atoms with Gasteiger partial charge in [0, 0.05) is 24.8 Å². The van der Waals surface area contributed by atoms with E-state index in [0.717, 1.165) is 19.1 Å². The molecule has 16 heavy (non-hydrogen) atoms. The highest BCUT2D eigenvalue weighted by molar-refractivity contribution is 4.90. The van der Waals surface area contributed by atoms with E-state index in [-0.39, 0.29) is 0 Å². The minimum atomic E-state index is 0.413. The summed E-state index contributed by atoms with van der Waals surface area (Å²) >= 11 is 0. The summed E-state index contributed by atoms with van der Waals surface area (Å²) in [7, 11) is 0. The van der Waals surface area contributed by atoms with Crippen LogP contribution in [-0.4, -0.2) is 24.8 Å². The lowest BCUT2D eigenvalue weighted by molar-refractivity contribution is 0.0493. The van der Waals surface area contributed by atoms with Gasteiger partial charge in [0.1, 0.15) is 0 Å². The van der Waals surface area contributed by atoms with Crippen LogP contribution in [0.25, 0.3) is 0 Å². The Morgan fingerprint density at radius 1 is 1.12 bits per heavy atom. The van der Waals surface area contributed by atoms with Crippen LogP contribution in [0.4, 0.5) is 0 Å². The van der Waals surface area contributed by atoms with Gasteiger partial charge in [-0.05, 0) is 45.4 Å². The van der Waals surface area contributed by atoms with Crippen molar-refractivity contribution in [3.05, 3.63) is 0 Å². The molecule has 1 aliphatic heterocycles. The Labute approximate surface area is 100 Å². The van der Waals surface area contributed by atoms with Gasteiger partial charge in [0.25, 0.3) is 0 Å². The maximum Gasteiger partial charge on any atom is 0.0469 e. The molecule has 2 rings (SSSR count). The van der Waals surface area contributed by atoms with Crippen molar-refractivity contribution in [1.82, 2.24) is 5.32 Å². The van der Waals surface area contributed by atoms with Crippen LogP contribution >= 0.6 is 0 Å². The first-order chi connectivity index (χ1) is 7.70. The molecule has 1 saturated carbocycles. The predicted octanol–water partition coefficient (Wildman–Crippen LogP) is 3.11. The Bertz CT molecular complexity index is 205. The van der Waals surface area contributed by atoms with Crippen LogP contribution in [0.5, 0.6) is 0 Å². The van der Waals surface area contributed by atoms with Gasteiger partial charge in [0.05, 0.1) is 0 Å². The molecule has 2 fully saturated rings. The second kappa shape index (κ2) is 5.50. The second-order valence-corrected chi connectivity index (χ2v) is 6.00. The fourth-order valence-electron chi connectivity index (χ4n) is 3.36. The van der Waals surface area contributed by atoms with Gasteiger partial charge in [-0.15, -0.1) is 0 Å². The monoisotopic (exact) mass is 225 g/mol. The Balaban J connectivity index is 1.82. The minimum absolute atomic E-state index is 0.413. The molecular formula is C14H27NO. The van der Waals surface area contributed by atoms with Gasteiger partial charge in [-0.3, -0.25) is 0 Å². The maximum absolute atomic E-state index is 5.44. The zero-order valence-corrected chi connectivity index (χ0v) is 10.9. The zero-order chi connectivity index (χ0) is 11.4. The molecular weight excluding hydrogens is 198 g/mol. The number of nitrogens with one attached hydrogen (secondary N) is 1. The normalized spacial score (nSPS) is 28.9. The molecule has 2 heteroatoms. The summed E-state index contributed by atoms with van der Waals surface area (Å²) in [6.45, 7) is 6.72. The van der Waals surface area contributed by atoms with Gasteiger partial charge < -0.3 is 10.1 Å². The topological polar surface area (TPSA) is 21.3 Å². The quantitative estimate of drug-likeness (QED) is 0.797. The number of hydrogen-bond donors (Lipinski definition) is 1. The molecule has 1 saturated heterocycles. The summed E-state index contributed by atoms with van der Waals surface area (Å²) in [5.74, 6) is 0.826. The molecule has 0 radical (unpaired) electrons. The minimum Gasteiger partial charge on any atom is -0.381 e. The summed E-state index contributed by atoms with van der Waals surface area (Å²) < 4.78 is 5.44. The van der Waals surface area contributed by atoms with Crippen LogP contribution in [0.2, 0.25) is 0 Å². The average Bonchev–Trinajstić information content (AvgIpc) is 2.30. The van der Waals surface area contributed by atoms with Crippen molar-refractivity contribution in [3.8, 4) is 0 Å². The smallest absolute Gasteiger partial charge is 0.0469 e. The van der Waals surface area contributed by atoms with Crippen LogP contribution in [0.3, 0.4) is 0 Å². The number of rotatable bonds is 3. The number of hydrogen-bond acceptors (Lipinski definition) is 2. The van der Waals surface area contributed by atoms with Gasteiger partial charge in [0.15, 0.2) is 0 Å². The van der Waals surface area contributed by atoms with Crippen LogP contribution in [0.15, 0.2) is 0 Å². The second-order valence-electron chi connectivity index (χ2n) is 6.00. The van der Waals surface area contributed by atoms with Gasteiger partial charge in [-0.2, -0.15) is 0 Å². The van der Waals surface area contributed by atoms with Gasteiger partial charge in [-0.1, -0.05) is 19.3 Å². The Kier molecular flexibility index (Phi) is 4.26. The molecule has 0 spiro atoms. The average molecular weight is 225 g/mol. The fourth-order valence-corrected chi connectivity index (χ4v) is 3.36. The maximum atomic E-state index is 5.44. The summed E-state index contributed by atoms with van der Waals surface area (Å²) in [5.41, 5.74) is 0.413.